The first-order valence-corrected chi connectivity index (χ1v) is 11.1. The number of fused-ring (bicyclic) bond motifs is 3. The van der Waals surface area contributed by atoms with Crippen molar-refractivity contribution in [2.24, 2.45) is 11.8 Å². The Morgan fingerprint density at radius 3 is 2.47 bits per heavy atom. The van der Waals surface area contributed by atoms with Gasteiger partial charge in [-0.15, -0.1) is 0 Å². The maximum atomic E-state index is 13.2. The fraction of sp³-hybridized carbons (Fsp3) is 0.308. The summed E-state index contributed by atoms with van der Waals surface area (Å²) in [4.78, 5) is 26.1. The average Bonchev–Trinajstić information content (AvgIpc) is 3.37. The van der Waals surface area contributed by atoms with Crippen molar-refractivity contribution < 1.29 is 9.90 Å². The molecule has 2 aromatic carbocycles. The van der Waals surface area contributed by atoms with Gasteiger partial charge in [0, 0.05) is 42.8 Å². The largest absolute Gasteiger partial charge is 0.396 e. The number of nitrogens with one attached hydrogen (secondary N) is 2. The Bertz CT molecular complexity index is 1160. The van der Waals surface area contributed by atoms with Crippen LogP contribution in [-0.4, -0.2) is 34.8 Å². The van der Waals surface area contributed by atoms with Gasteiger partial charge in [0.25, 0.3) is 5.56 Å². The van der Waals surface area contributed by atoms with E-state index in [1.165, 1.54) is 5.56 Å². The second-order valence-corrected chi connectivity index (χ2v) is 8.61. The van der Waals surface area contributed by atoms with Crippen LogP contribution in [0.5, 0.6) is 0 Å². The molecular weight excluding hydrogens is 402 g/mol. The minimum atomic E-state index is -0.469. The Kier molecular flexibility index (Phi) is 5.64. The number of aliphatic hydroxyl groups excluding tert-OH is 1. The normalized spacial score (nSPS) is 23.5. The summed E-state index contributed by atoms with van der Waals surface area (Å²) in [6, 6.07) is 22.9. The number of carbonyl (C=O) groups excluding carboxylic acids is 1. The highest BCUT2D eigenvalue weighted by molar-refractivity contribution is 5.82. The molecule has 5 rings (SSSR count). The molecule has 6 nitrogen and oxygen atoms in total. The lowest BCUT2D eigenvalue weighted by Gasteiger charge is -2.21. The second-order valence-electron chi connectivity index (χ2n) is 8.61. The minimum Gasteiger partial charge on any atom is -0.396 e. The number of hydrogen-bond donors (Lipinski definition) is 3. The number of nitrogens with zero attached hydrogens (tertiary/aromatic N) is 1. The Morgan fingerprint density at radius 2 is 1.75 bits per heavy atom. The topological polar surface area (TPSA) is 83.4 Å². The molecule has 0 saturated carbocycles. The van der Waals surface area contributed by atoms with Crippen LogP contribution in [-0.2, 0) is 17.8 Å². The van der Waals surface area contributed by atoms with Gasteiger partial charge in [-0.05, 0) is 29.7 Å². The lowest BCUT2D eigenvalue weighted by Crippen LogP contribution is -2.46. The van der Waals surface area contributed by atoms with E-state index in [1.807, 2.05) is 72.8 Å². The smallest absolute Gasteiger partial charge is 0.258 e. The van der Waals surface area contributed by atoms with E-state index in [0.717, 1.165) is 17.7 Å². The molecule has 1 saturated heterocycles. The number of aromatic nitrogens is 1. The first-order chi connectivity index (χ1) is 15.7. The van der Waals surface area contributed by atoms with E-state index < -0.39 is 6.04 Å². The van der Waals surface area contributed by atoms with Crippen LogP contribution in [0.15, 0.2) is 77.6 Å². The van der Waals surface area contributed by atoms with Crippen LogP contribution in [0.3, 0.4) is 0 Å². The summed E-state index contributed by atoms with van der Waals surface area (Å²) in [5, 5.41) is 16.5. The molecule has 1 aromatic heterocycles. The molecule has 0 unspecified atom stereocenters. The number of aliphatic hydroxyl groups is 1. The van der Waals surface area contributed by atoms with Crippen molar-refractivity contribution in [3.63, 3.8) is 0 Å². The molecule has 4 atom stereocenters. The average molecular weight is 430 g/mol. The van der Waals surface area contributed by atoms with Gasteiger partial charge in [0.15, 0.2) is 0 Å². The summed E-state index contributed by atoms with van der Waals surface area (Å²) < 4.78 is 1.80. The van der Waals surface area contributed by atoms with E-state index in [2.05, 4.69) is 10.6 Å². The third kappa shape index (κ3) is 3.66. The number of rotatable bonds is 6. The molecule has 6 heteroatoms. The van der Waals surface area contributed by atoms with Crippen molar-refractivity contribution >= 4 is 5.91 Å². The van der Waals surface area contributed by atoms with Gasteiger partial charge in [0.2, 0.25) is 5.91 Å². The molecule has 164 valence electrons. The Labute approximate surface area is 186 Å². The van der Waals surface area contributed by atoms with Gasteiger partial charge in [-0.1, -0.05) is 60.7 Å². The second kappa shape index (κ2) is 8.73. The highest BCUT2D eigenvalue weighted by atomic mass is 16.3. The van der Waals surface area contributed by atoms with Crippen molar-refractivity contribution in [1.29, 1.82) is 0 Å². The third-order valence-electron chi connectivity index (χ3n) is 6.82. The van der Waals surface area contributed by atoms with E-state index in [0.29, 0.717) is 18.7 Å². The summed E-state index contributed by atoms with van der Waals surface area (Å²) in [6.07, 6.45) is 0.760. The molecule has 3 aromatic rings. The fourth-order valence-corrected chi connectivity index (χ4v) is 5.18. The van der Waals surface area contributed by atoms with Crippen molar-refractivity contribution in [3.8, 4) is 11.1 Å². The maximum Gasteiger partial charge on any atom is 0.258 e. The first-order valence-electron chi connectivity index (χ1n) is 11.1. The van der Waals surface area contributed by atoms with Gasteiger partial charge in [-0.3, -0.25) is 14.9 Å². The zero-order chi connectivity index (χ0) is 22.1. The summed E-state index contributed by atoms with van der Waals surface area (Å²) >= 11 is 0. The van der Waals surface area contributed by atoms with Gasteiger partial charge in [0.05, 0.1) is 12.1 Å². The molecule has 2 aliphatic rings. The number of pyridine rings is 1. The van der Waals surface area contributed by atoms with Crippen LogP contribution in [0.4, 0.5) is 0 Å². The van der Waals surface area contributed by atoms with Crippen molar-refractivity contribution in [2.45, 2.75) is 25.0 Å². The quantitative estimate of drug-likeness (QED) is 0.561. The molecule has 3 N–H and O–H groups in total. The number of amides is 1. The zero-order valence-corrected chi connectivity index (χ0v) is 17.8. The molecule has 3 heterocycles. The Hall–Kier alpha value is -3.22. The van der Waals surface area contributed by atoms with Crippen LogP contribution >= 0.6 is 0 Å². The van der Waals surface area contributed by atoms with E-state index in [-0.39, 0.29) is 36.0 Å². The van der Waals surface area contributed by atoms with E-state index >= 15 is 0 Å². The predicted molar refractivity (Wildman–Crippen MR) is 123 cm³/mol. The van der Waals surface area contributed by atoms with E-state index in [4.69, 9.17) is 0 Å². The lowest BCUT2D eigenvalue weighted by molar-refractivity contribution is -0.124. The van der Waals surface area contributed by atoms with Crippen LogP contribution in [0.25, 0.3) is 11.1 Å². The molecule has 2 aliphatic heterocycles. The van der Waals surface area contributed by atoms with E-state index in [1.54, 1.807) is 4.57 Å². The SMILES string of the molecule is O=C(NCCc1ccccc1)[C@@H]1N[C@@H]2c3ccc(-c4ccccc4)c(=O)n3C[C@@H]2[C@H]1CO. The predicted octanol–water partition coefficient (Wildman–Crippen LogP) is 2.13. The van der Waals surface area contributed by atoms with Gasteiger partial charge < -0.3 is 15.0 Å². The van der Waals surface area contributed by atoms with Crippen molar-refractivity contribution in [2.75, 3.05) is 13.2 Å². The molecule has 0 radical (unpaired) electrons. The Balaban J connectivity index is 1.32. The number of benzene rings is 2. The summed E-state index contributed by atoms with van der Waals surface area (Å²) in [7, 11) is 0. The van der Waals surface area contributed by atoms with Crippen molar-refractivity contribution in [3.05, 3.63) is 94.4 Å². The highest BCUT2D eigenvalue weighted by Gasteiger charge is 2.50. The molecule has 0 aliphatic carbocycles. The third-order valence-corrected chi connectivity index (χ3v) is 6.82. The molecule has 0 spiro atoms. The standard InChI is InChI=1S/C26H27N3O3/c30-16-21-20-15-29-22(12-11-19(26(29)32)18-9-5-2-6-10-18)23(20)28-24(21)25(31)27-14-13-17-7-3-1-4-8-17/h1-12,20-21,23-24,28,30H,13-16H2,(H,27,31)/t20-,21-,23+,24-/m1/s1. The van der Waals surface area contributed by atoms with Gasteiger partial charge in [0.1, 0.15) is 0 Å². The van der Waals surface area contributed by atoms with E-state index in [9.17, 15) is 14.7 Å². The molecule has 1 fully saturated rings. The lowest BCUT2D eigenvalue weighted by atomic mass is 9.88. The monoisotopic (exact) mass is 429 g/mol. The molecule has 0 bridgehead atoms. The zero-order valence-electron chi connectivity index (χ0n) is 17.8. The van der Waals surface area contributed by atoms with Gasteiger partial charge in [-0.25, -0.2) is 0 Å². The molecule has 1 amide bonds. The Morgan fingerprint density at radius 1 is 1.03 bits per heavy atom. The molecular formula is C26H27N3O3. The van der Waals surface area contributed by atoms with Crippen LogP contribution in [0.2, 0.25) is 0 Å². The minimum absolute atomic E-state index is 0.00333. The summed E-state index contributed by atoms with van der Waals surface area (Å²) in [5.41, 5.74) is 3.60. The first kappa shape index (κ1) is 20.7. The van der Waals surface area contributed by atoms with Gasteiger partial charge in [-0.2, -0.15) is 0 Å². The van der Waals surface area contributed by atoms with Crippen LogP contribution < -0.4 is 16.2 Å². The number of carbonyl (C=O) groups is 1. The highest BCUT2D eigenvalue weighted by Crippen LogP contribution is 2.42. The van der Waals surface area contributed by atoms with Crippen LogP contribution in [0, 0.1) is 11.8 Å². The van der Waals surface area contributed by atoms with Crippen LogP contribution in [0.1, 0.15) is 17.3 Å². The fourth-order valence-electron chi connectivity index (χ4n) is 5.18. The van der Waals surface area contributed by atoms with Crippen molar-refractivity contribution in [1.82, 2.24) is 15.2 Å². The molecule has 32 heavy (non-hydrogen) atoms. The summed E-state index contributed by atoms with van der Waals surface area (Å²) in [6.45, 7) is 0.954. The van der Waals surface area contributed by atoms with Gasteiger partial charge >= 0.3 is 0 Å². The maximum absolute atomic E-state index is 13.2. The summed E-state index contributed by atoms with van der Waals surface area (Å²) in [5.74, 6) is -0.330. The number of hydrogen-bond acceptors (Lipinski definition) is 4.